The van der Waals surface area contributed by atoms with Gasteiger partial charge in [0.05, 0.1) is 5.92 Å². The van der Waals surface area contributed by atoms with Crippen molar-refractivity contribution in [2.45, 2.75) is 44.7 Å². The molecule has 1 aliphatic heterocycles. The first kappa shape index (κ1) is 13.9. The van der Waals surface area contributed by atoms with E-state index in [1.165, 1.54) is 5.56 Å². The van der Waals surface area contributed by atoms with Crippen molar-refractivity contribution in [2.75, 3.05) is 4.90 Å². The summed E-state index contributed by atoms with van der Waals surface area (Å²) in [5.74, 6) is -1.08. The lowest BCUT2D eigenvalue weighted by Crippen LogP contribution is -2.46. The molecule has 5 nitrogen and oxygen atoms in total. The fourth-order valence-electron chi connectivity index (χ4n) is 3.46. The van der Waals surface area contributed by atoms with Crippen molar-refractivity contribution in [3.63, 3.8) is 0 Å². The number of nitrogens with zero attached hydrogens (tertiary/aromatic N) is 1. The number of anilines is 1. The van der Waals surface area contributed by atoms with Crippen LogP contribution in [0.5, 0.6) is 0 Å². The van der Waals surface area contributed by atoms with E-state index in [9.17, 15) is 9.59 Å². The second-order valence-corrected chi connectivity index (χ2v) is 6.05. The van der Waals surface area contributed by atoms with Crippen LogP contribution in [0.15, 0.2) is 24.3 Å². The van der Waals surface area contributed by atoms with E-state index in [-0.39, 0.29) is 24.0 Å². The number of carbonyl (C=O) groups is 2. The Kier molecular flexibility index (Phi) is 3.57. The third-order valence-electron chi connectivity index (χ3n) is 4.54. The Bertz CT molecular complexity index is 572. The molecule has 0 aromatic heterocycles. The lowest BCUT2D eigenvalue weighted by Gasteiger charge is -2.25. The highest BCUT2D eigenvalue weighted by Crippen LogP contribution is 2.32. The van der Waals surface area contributed by atoms with Gasteiger partial charge in [-0.2, -0.15) is 0 Å². The Morgan fingerprint density at radius 2 is 2.05 bits per heavy atom. The van der Waals surface area contributed by atoms with E-state index in [0.29, 0.717) is 12.8 Å². The van der Waals surface area contributed by atoms with Gasteiger partial charge in [-0.15, -0.1) is 0 Å². The van der Waals surface area contributed by atoms with Crippen molar-refractivity contribution in [3.8, 4) is 0 Å². The number of para-hydroxylation sites is 1. The number of aliphatic carboxylic acids is 1. The highest BCUT2D eigenvalue weighted by Gasteiger charge is 2.35. The summed E-state index contributed by atoms with van der Waals surface area (Å²) in [6.07, 6.45) is 2.79. The van der Waals surface area contributed by atoms with Gasteiger partial charge in [-0.1, -0.05) is 18.2 Å². The first-order valence-corrected chi connectivity index (χ1v) is 7.46. The Labute approximate surface area is 123 Å². The molecule has 0 bridgehead atoms. The van der Waals surface area contributed by atoms with Crippen molar-refractivity contribution < 1.29 is 14.7 Å². The van der Waals surface area contributed by atoms with Crippen LogP contribution in [0.3, 0.4) is 0 Å². The summed E-state index contributed by atoms with van der Waals surface area (Å²) in [7, 11) is 0. The first-order chi connectivity index (χ1) is 10.1. The second-order valence-electron chi connectivity index (χ2n) is 6.05. The number of carbonyl (C=O) groups excluding carboxylic acids is 1. The van der Waals surface area contributed by atoms with Crippen LogP contribution < -0.4 is 10.2 Å². The van der Waals surface area contributed by atoms with Crippen molar-refractivity contribution in [2.24, 2.45) is 5.92 Å². The van der Waals surface area contributed by atoms with Gasteiger partial charge in [-0.3, -0.25) is 9.69 Å². The van der Waals surface area contributed by atoms with E-state index in [4.69, 9.17) is 5.11 Å². The van der Waals surface area contributed by atoms with Crippen LogP contribution >= 0.6 is 0 Å². The molecule has 0 saturated heterocycles. The molecule has 2 N–H and O–H groups in total. The Hall–Kier alpha value is -2.04. The predicted molar refractivity (Wildman–Crippen MR) is 79.4 cm³/mol. The van der Waals surface area contributed by atoms with Crippen LogP contribution in [0.4, 0.5) is 10.5 Å². The highest BCUT2D eigenvalue weighted by molar-refractivity contribution is 5.95. The largest absolute Gasteiger partial charge is 0.481 e. The number of carboxylic acids is 1. The SMILES string of the molecule is CC1Cc2ccccc2N1C(=O)N[C@H]1CC[C@@H](C(=O)O)C1. The maximum absolute atomic E-state index is 12.5. The monoisotopic (exact) mass is 288 g/mol. The number of benzene rings is 1. The molecule has 5 heteroatoms. The molecule has 112 valence electrons. The van der Waals surface area contributed by atoms with Crippen LogP contribution in [-0.4, -0.2) is 29.2 Å². The number of hydrogen-bond donors (Lipinski definition) is 2. The number of fused-ring (bicyclic) bond motifs is 1. The average molecular weight is 288 g/mol. The summed E-state index contributed by atoms with van der Waals surface area (Å²) in [5.41, 5.74) is 2.16. The quantitative estimate of drug-likeness (QED) is 0.878. The molecule has 3 rings (SSSR count). The van der Waals surface area contributed by atoms with Gasteiger partial charge in [0.1, 0.15) is 0 Å². The van der Waals surface area contributed by atoms with Crippen molar-refractivity contribution in [1.29, 1.82) is 0 Å². The molecule has 0 radical (unpaired) electrons. The third kappa shape index (κ3) is 2.60. The van der Waals surface area contributed by atoms with Crippen LogP contribution in [0.1, 0.15) is 31.7 Å². The fraction of sp³-hybridized carbons (Fsp3) is 0.500. The van der Waals surface area contributed by atoms with E-state index in [1.807, 2.05) is 25.1 Å². The number of nitrogens with one attached hydrogen (secondary N) is 1. The standard InChI is InChI=1S/C16H20N2O3/c1-10-8-11-4-2-3-5-14(11)18(10)16(21)17-13-7-6-12(9-13)15(19)20/h2-5,10,12-13H,6-9H2,1H3,(H,17,21)(H,19,20)/t10?,12-,13+/m1/s1. The van der Waals surface area contributed by atoms with Crippen molar-refractivity contribution >= 4 is 17.7 Å². The molecule has 21 heavy (non-hydrogen) atoms. The summed E-state index contributed by atoms with van der Waals surface area (Å²) in [6, 6.07) is 7.94. The lowest BCUT2D eigenvalue weighted by molar-refractivity contribution is -0.141. The fourth-order valence-corrected chi connectivity index (χ4v) is 3.46. The van der Waals surface area contributed by atoms with E-state index in [0.717, 1.165) is 18.5 Å². The Balaban J connectivity index is 1.68. The van der Waals surface area contributed by atoms with Crippen LogP contribution in [0, 0.1) is 5.92 Å². The molecule has 1 aromatic carbocycles. The summed E-state index contributed by atoms with van der Waals surface area (Å²) in [5, 5.41) is 12.0. The maximum atomic E-state index is 12.5. The number of hydrogen-bond acceptors (Lipinski definition) is 2. The minimum atomic E-state index is -0.758. The van der Waals surface area contributed by atoms with E-state index >= 15 is 0 Å². The summed E-state index contributed by atoms with van der Waals surface area (Å²) in [4.78, 5) is 25.3. The lowest BCUT2D eigenvalue weighted by atomic mass is 10.1. The van der Waals surface area contributed by atoms with Crippen LogP contribution in [0.2, 0.25) is 0 Å². The normalized spacial score (nSPS) is 27.5. The zero-order chi connectivity index (χ0) is 15.0. The zero-order valence-electron chi connectivity index (χ0n) is 12.1. The number of amides is 2. The third-order valence-corrected chi connectivity index (χ3v) is 4.54. The van der Waals surface area contributed by atoms with Crippen molar-refractivity contribution in [1.82, 2.24) is 5.32 Å². The minimum Gasteiger partial charge on any atom is -0.481 e. The number of urea groups is 1. The first-order valence-electron chi connectivity index (χ1n) is 7.46. The molecule has 1 unspecified atom stereocenters. The number of carboxylic acid groups (broad SMARTS) is 1. The Morgan fingerprint density at radius 3 is 2.76 bits per heavy atom. The van der Waals surface area contributed by atoms with E-state index in [2.05, 4.69) is 11.4 Å². The van der Waals surface area contributed by atoms with E-state index < -0.39 is 5.97 Å². The van der Waals surface area contributed by atoms with Crippen LogP contribution in [0.25, 0.3) is 0 Å². The molecular weight excluding hydrogens is 268 g/mol. The van der Waals surface area contributed by atoms with Gasteiger partial charge in [0, 0.05) is 17.8 Å². The second kappa shape index (κ2) is 5.39. The molecule has 1 aromatic rings. The molecule has 0 spiro atoms. The van der Waals surface area contributed by atoms with Gasteiger partial charge in [0.2, 0.25) is 0 Å². The molecule has 3 atom stereocenters. The van der Waals surface area contributed by atoms with Gasteiger partial charge >= 0.3 is 12.0 Å². The summed E-state index contributed by atoms with van der Waals surface area (Å²) >= 11 is 0. The number of rotatable bonds is 2. The molecule has 2 amide bonds. The average Bonchev–Trinajstić information content (AvgIpc) is 3.01. The smallest absolute Gasteiger partial charge is 0.322 e. The predicted octanol–water partition coefficient (Wildman–Crippen LogP) is 2.40. The van der Waals surface area contributed by atoms with Gasteiger partial charge in [-0.05, 0) is 44.2 Å². The van der Waals surface area contributed by atoms with Gasteiger partial charge in [0.25, 0.3) is 0 Å². The molecule has 1 aliphatic carbocycles. The van der Waals surface area contributed by atoms with Crippen LogP contribution in [-0.2, 0) is 11.2 Å². The summed E-state index contributed by atoms with van der Waals surface area (Å²) < 4.78 is 0. The summed E-state index contributed by atoms with van der Waals surface area (Å²) in [6.45, 7) is 2.04. The molecular formula is C16H20N2O3. The minimum absolute atomic E-state index is 0.0291. The highest BCUT2D eigenvalue weighted by atomic mass is 16.4. The molecule has 1 heterocycles. The van der Waals surface area contributed by atoms with Crippen molar-refractivity contribution in [3.05, 3.63) is 29.8 Å². The van der Waals surface area contributed by atoms with Gasteiger partial charge in [0.15, 0.2) is 0 Å². The zero-order valence-corrected chi connectivity index (χ0v) is 12.1. The van der Waals surface area contributed by atoms with Gasteiger partial charge < -0.3 is 10.4 Å². The molecule has 2 aliphatic rings. The Morgan fingerprint density at radius 1 is 1.29 bits per heavy atom. The molecule has 1 fully saturated rings. The van der Waals surface area contributed by atoms with E-state index in [1.54, 1.807) is 4.90 Å². The van der Waals surface area contributed by atoms with Gasteiger partial charge in [-0.25, -0.2) is 4.79 Å². The topological polar surface area (TPSA) is 69.6 Å². The molecule has 1 saturated carbocycles. The maximum Gasteiger partial charge on any atom is 0.322 e.